The second-order valence-corrected chi connectivity index (χ2v) is 4.55. The van der Waals surface area contributed by atoms with Crippen LogP contribution in [0, 0.1) is 0 Å². The van der Waals surface area contributed by atoms with Crippen LogP contribution in [0.5, 0.6) is 0 Å². The third kappa shape index (κ3) is 4.43. The Hall–Kier alpha value is -0.360. The first-order chi connectivity index (χ1) is 7.75. The van der Waals surface area contributed by atoms with E-state index in [4.69, 9.17) is 15.2 Å². The average molecular weight is 265 g/mol. The molecule has 100 valence electrons. The molecular weight excluding hydrogens is 244 g/mol. The van der Waals surface area contributed by atoms with Crippen molar-refractivity contribution in [3.8, 4) is 0 Å². The zero-order chi connectivity index (χ0) is 11.4. The molecular formula is C11H21ClN2O3. The summed E-state index contributed by atoms with van der Waals surface area (Å²) in [4.78, 5) is 11.9. The number of ether oxygens (including phenoxy) is 2. The number of nitrogens with two attached hydrogens (primary N) is 1. The third-order valence-corrected chi connectivity index (χ3v) is 3.17. The van der Waals surface area contributed by atoms with E-state index in [-0.39, 0.29) is 36.5 Å². The smallest absolute Gasteiger partial charge is 0.249 e. The van der Waals surface area contributed by atoms with Crippen LogP contribution in [0.2, 0.25) is 0 Å². The first-order valence-electron chi connectivity index (χ1n) is 6.01. The number of carbonyl (C=O) groups excluding carboxylic acids is 1. The summed E-state index contributed by atoms with van der Waals surface area (Å²) in [6, 6.07) is 0.340. The maximum atomic E-state index is 11.9. The predicted octanol–water partition coefficient (Wildman–Crippen LogP) is 0.210. The van der Waals surface area contributed by atoms with E-state index in [9.17, 15) is 4.79 Å². The minimum Gasteiger partial charge on any atom is -0.381 e. The van der Waals surface area contributed by atoms with Gasteiger partial charge in [0.15, 0.2) is 0 Å². The van der Waals surface area contributed by atoms with Gasteiger partial charge in [0, 0.05) is 25.3 Å². The summed E-state index contributed by atoms with van der Waals surface area (Å²) < 4.78 is 10.7. The van der Waals surface area contributed by atoms with E-state index < -0.39 is 0 Å². The Morgan fingerprint density at radius 1 is 1.18 bits per heavy atom. The van der Waals surface area contributed by atoms with Gasteiger partial charge in [-0.1, -0.05) is 0 Å². The summed E-state index contributed by atoms with van der Waals surface area (Å²) in [6.45, 7) is 1.97. The molecule has 0 unspecified atom stereocenters. The van der Waals surface area contributed by atoms with Crippen LogP contribution in [0.4, 0.5) is 0 Å². The summed E-state index contributed by atoms with van der Waals surface area (Å²) in [5, 5.41) is 3.02. The van der Waals surface area contributed by atoms with Gasteiger partial charge in [-0.3, -0.25) is 4.79 Å². The van der Waals surface area contributed by atoms with Crippen molar-refractivity contribution in [2.45, 2.75) is 43.9 Å². The van der Waals surface area contributed by atoms with E-state index in [0.717, 1.165) is 38.9 Å². The highest BCUT2D eigenvalue weighted by Gasteiger charge is 2.27. The highest BCUT2D eigenvalue weighted by molar-refractivity contribution is 5.85. The Morgan fingerprint density at radius 3 is 2.47 bits per heavy atom. The highest BCUT2D eigenvalue weighted by atomic mass is 35.5. The standard InChI is InChI=1S/C11H20N2O3.ClH/c12-8-1-2-10(16-7-8)11(14)13-9-3-5-15-6-4-9;/h8-10H,1-7,12H2,(H,13,14);1H/t8-,10+;/m1./s1. The summed E-state index contributed by atoms with van der Waals surface area (Å²) >= 11 is 0. The number of hydrogen-bond acceptors (Lipinski definition) is 4. The van der Waals surface area contributed by atoms with Gasteiger partial charge in [-0.05, 0) is 25.7 Å². The first kappa shape index (κ1) is 14.7. The minimum atomic E-state index is -0.303. The van der Waals surface area contributed by atoms with Gasteiger partial charge in [0.1, 0.15) is 6.10 Å². The molecule has 0 saturated carbocycles. The monoisotopic (exact) mass is 264 g/mol. The zero-order valence-electron chi connectivity index (χ0n) is 9.89. The van der Waals surface area contributed by atoms with E-state index in [2.05, 4.69) is 5.32 Å². The molecule has 0 aromatic carbocycles. The molecule has 0 aromatic rings. The molecule has 17 heavy (non-hydrogen) atoms. The number of amides is 1. The first-order valence-corrected chi connectivity index (χ1v) is 6.01. The van der Waals surface area contributed by atoms with Gasteiger partial charge >= 0.3 is 0 Å². The number of carbonyl (C=O) groups is 1. The van der Waals surface area contributed by atoms with Crippen molar-refractivity contribution in [3.05, 3.63) is 0 Å². The lowest BCUT2D eigenvalue weighted by molar-refractivity contribution is -0.137. The Labute approximate surface area is 108 Å². The van der Waals surface area contributed by atoms with Gasteiger partial charge in [0.2, 0.25) is 5.91 Å². The molecule has 6 heteroatoms. The Kier molecular flexibility index (Phi) is 6.19. The Morgan fingerprint density at radius 2 is 1.88 bits per heavy atom. The van der Waals surface area contributed by atoms with Crippen LogP contribution >= 0.6 is 12.4 Å². The van der Waals surface area contributed by atoms with Crippen LogP contribution in [0.1, 0.15) is 25.7 Å². The van der Waals surface area contributed by atoms with Crippen LogP contribution in [0.3, 0.4) is 0 Å². The average Bonchev–Trinajstić information content (AvgIpc) is 2.31. The molecule has 0 bridgehead atoms. The van der Waals surface area contributed by atoms with Crippen molar-refractivity contribution < 1.29 is 14.3 Å². The molecule has 0 radical (unpaired) electrons. The molecule has 2 heterocycles. The van der Waals surface area contributed by atoms with Gasteiger partial charge in [0.05, 0.1) is 6.61 Å². The number of nitrogens with one attached hydrogen (secondary N) is 1. The molecule has 2 aliphatic rings. The fraction of sp³-hybridized carbons (Fsp3) is 0.909. The second-order valence-electron chi connectivity index (χ2n) is 4.55. The maximum absolute atomic E-state index is 11.9. The minimum absolute atomic E-state index is 0. The van der Waals surface area contributed by atoms with Crippen LogP contribution in [-0.4, -0.2) is 43.9 Å². The van der Waals surface area contributed by atoms with Crippen molar-refractivity contribution >= 4 is 18.3 Å². The van der Waals surface area contributed by atoms with E-state index in [1.165, 1.54) is 0 Å². The van der Waals surface area contributed by atoms with Crippen molar-refractivity contribution in [2.75, 3.05) is 19.8 Å². The largest absolute Gasteiger partial charge is 0.381 e. The van der Waals surface area contributed by atoms with Gasteiger partial charge in [-0.15, -0.1) is 12.4 Å². The van der Waals surface area contributed by atoms with Crippen LogP contribution < -0.4 is 11.1 Å². The van der Waals surface area contributed by atoms with E-state index in [0.29, 0.717) is 6.61 Å². The van der Waals surface area contributed by atoms with Crippen molar-refractivity contribution in [3.63, 3.8) is 0 Å². The van der Waals surface area contributed by atoms with E-state index in [1.807, 2.05) is 0 Å². The van der Waals surface area contributed by atoms with Crippen LogP contribution in [0.15, 0.2) is 0 Å². The summed E-state index contributed by atoms with van der Waals surface area (Å²) in [5.74, 6) is 0.0128. The van der Waals surface area contributed by atoms with Crippen molar-refractivity contribution in [1.29, 1.82) is 0 Å². The van der Waals surface area contributed by atoms with Crippen LogP contribution in [0.25, 0.3) is 0 Å². The molecule has 2 saturated heterocycles. The van der Waals surface area contributed by atoms with Gasteiger partial charge in [0.25, 0.3) is 0 Å². The van der Waals surface area contributed by atoms with Gasteiger partial charge in [-0.25, -0.2) is 0 Å². The Balaban J connectivity index is 0.00000144. The predicted molar refractivity (Wildman–Crippen MR) is 66.2 cm³/mol. The van der Waals surface area contributed by atoms with E-state index >= 15 is 0 Å². The van der Waals surface area contributed by atoms with Crippen molar-refractivity contribution in [1.82, 2.24) is 5.32 Å². The third-order valence-electron chi connectivity index (χ3n) is 3.17. The summed E-state index contributed by atoms with van der Waals surface area (Å²) in [6.07, 6.45) is 3.10. The van der Waals surface area contributed by atoms with Gasteiger partial charge < -0.3 is 20.5 Å². The Bertz CT molecular complexity index is 239. The molecule has 0 aromatic heterocycles. The fourth-order valence-corrected chi connectivity index (χ4v) is 2.11. The molecule has 1 amide bonds. The topological polar surface area (TPSA) is 73.6 Å². The lowest BCUT2D eigenvalue weighted by Crippen LogP contribution is -2.48. The fourth-order valence-electron chi connectivity index (χ4n) is 2.11. The lowest BCUT2D eigenvalue weighted by Gasteiger charge is -2.29. The molecule has 5 nitrogen and oxygen atoms in total. The lowest BCUT2D eigenvalue weighted by atomic mass is 10.0. The molecule has 3 N–H and O–H groups in total. The molecule has 0 spiro atoms. The molecule has 0 aliphatic carbocycles. The van der Waals surface area contributed by atoms with Crippen LogP contribution in [-0.2, 0) is 14.3 Å². The molecule has 2 aliphatic heterocycles. The molecule has 2 atom stereocenters. The highest BCUT2D eigenvalue weighted by Crippen LogP contribution is 2.13. The maximum Gasteiger partial charge on any atom is 0.249 e. The SMILES string of the molecule is Cl.N[C@@H]1CC[C@@H](C(=O)NC2CCOCC2)OC1. The van der Waals surface area contributed by atoms with Crippen molar-refractivity contribution in [2.24, 2.45) is 5.73 Å². The number of rotatable bonds is 2. The summed E-state index contributed by atoms with van der Waals surface area (Å²) in [7, 11) is 0. The normalized spacial score (nSPS) is 30.4. The second kappa shape index (κ2) is 7.16. The number of halogens is 1. The summed E-state index contributed by atoms with van der Waals surface area (Å²) in [5.41, 5.74) is 5.71. The van der Waals surface area contributed by atoms with E-state index in [1.54, 1.807) is 0 Å². The zero-order valence-corrected chi connectivity index (χ0v) is 10.7. The molecule has 2 rings (SSSR count). The quantitative estimate of drug-likeness (QED) is 0.748. The molecule has 2 fully saturated rings. The van der Waals surface area contributed by atoms with Gasteiger partial charge in [-0.2, -0.15) is 0 Å². The number of hydrogen-bond donors (Lipinski definition) is 2.